The number of Topliss-reactive ketones (excluding diaryl/α,β-unsaturated/α-hetero) is 1. The van der Waals surface area contributed by atoms with E-state index >= 15 is 0 Å². The van der Waals surface area contributed by atoms with Gasteiger partial charge < -0.3 is 40.7 Å². The number of carbonyl (C=O) groups excluding carboxylic acids is 9. The van der Waals surface area contributed by atoms with E-state index in [0.717, 1.165) is 36.0 Å². The monoisotopic (exact) mass is 1150 g/mol. The minimum atomic E-state index is -5.10. The van der Waals surface area contributed by atoms with Gasteiger partial charge in [-0.3, -0.25) is 53.0 Å². The van der Waals surface area contributed by atoms with Crippen LogP contribution in [0.1, 0.15) is 156 Å². The Morgan fingerprint density at radius 1 is 0.795 bits per heavy atom. The molecule has 0 saturated carbocycles. The van der Waals surface area contributed by atoms with Crippen molar-refractivity contribution in [3.8, 4) is 11.8 Å². The maximum absolute atomic E-state index is 14.9. The molecule has 83 heavy (non-hydrogen) atoms. The summed E-state index contributed by atoms with van der Waals surface area (Å²) >= 11 is 0. The molecule has 7 amide bonds. The summed E-state index contributed by atoms with van der Waals surface area (Å²) in [6, 6.07) is 28.8. The molecule has 8 rings (SSSR count). The number of ketones is 1. The van der Waals surface area contributed by atoms with Gasteiger partial charge in [-0.25, -0.2) is 0 Å². The van der Waals surface area contributed by atoms with E-state index in [0.29, 0.717) is 54.2 Å². The molecule has 3 aliphatic heterocycles. The molecular weight excluding hydrogens is 1080 g/mol. The average Bonchev–Trinajstić information content (AvgIpc) is 4.32. The number of likely N-dealkylation sites (tertiary alicyclic amines) is 1. The minimum absolute atomic E-state index is 0.0125. The normalized spacial score (nSPS) is 17.5. The van der Waals surface area contributed by atoms with Crippen molar-refractivity contribution in [2.24, 2.45) is 5.73 Å². The van der Waals surface area contributed by atoms with Gasteiger partial charge >= 0.3 is 7.60 Å². The molecule has 2 fully saturated rings. The number of primary amides is 1. The Kier molecular flexibility index (Phi) is 20.7. The zero-order valence-corrected chi connectivity index (χ0v) is 47.2. The molecule has 1 unspecified atom stereocenters. The molecule has 7 N–H and O–H groups in total. The van der Waals surface area contributed by atoms with E-state index in [4.69, 9.17) is 10.5 Å². The summed E-state index contributed by atoms with van der Waals surface area (Å²) in [5.41, 5.74) is 7.83. The molecular formula is C63H69N6O13P. The zero-order chi connectivity index (χ0) is 59.2. The van der Waals surface area contributed by atoms with Crippen LogP contribution in [0.2, 0.25) is 0 Å². The second-order valence-electron chi connectivity index (χ2n) is 21.3. The summed E-state index contributed by atoms with van der Waals surface area (Å²) in [7, 11) is -5.10. The third-order valence-electron chi connectivity index (χ3n) is 15.5. The second-order valence-corrected chi connectivity index (χ2v) is 22.8. The lowest BCUT2D eigenvalue weighted by Gasteiger charge is -2.30. The van der Waals surface area contributed by atoms with Gasteiger partial charge in [0.25, 0.3) is 17.3 Å². The Balaban J connectivity index is 0.943. The van der Waals surface area contributed by atoms with Gasteiger partial charge in [0.05, 0.1) is 12.1 Å². The fourth-order valence-corrected chi connectivity index (χ4v) is 11.5. The van der Waals surface area contributed by atoms with Crippen molar-refractivity contribution in [3.05, 3.63) is 154 Å². The summed E-state index contributed by atoms with van der Waals surface area (Å²) in [5.74, 6) is 2.12. The third kappa shape index (κ3) is 15.7. The molecule has 5 aromatic carbocycles. The molecule has 2 saturated heterocycles. The van der Waals surface area contributed by atoms with Gasteiger partial charge in [-0.15, -0.1) is 0 Å². The number of nitrogens with two attached hydrogens (primary N) is 1. The zero-order valence-electron chi connectivity index (χ0n) is 46.3. The van der Waals surface area contributed by atoms with Gasteiger partial charge in [-0.2, -0.15) is 0 Å². The fraction of sp³-hybridized carbons (Fsp3) is 0.381. The SMILES string of the molecule is CCCC[C@H](NC(=O)c1ccc2ccc(C(=O)P(=O)(O)O)cc2c1)C(=O)N1C[C@H](OCCCCCCC#Cc2cccc3c2CN(C2CCC(=O)NC2=O)C3=O)C[C@H]1C(=O)N[C@@H](CCC(N)=O)C(=O)CC(c1ccccc1)c1ccccc1. The number of nitrogens with one attached hydrogen (secondary N) is 3. The van der Waals surface area contributed by atoms with E-state index < -0.39 is 72.9 Å². The van der Waals surface area contributed by atoms with Gasteiger partial charge in [0, 0.05) is 80.0 Å². The number of amides is 7. The predicted octanol–water partition coefficient (Wildman–Crippen LogP) is 6.74. The van der Waals surface area contributed by atoms with Crippen molar-refractivity contribution < 1.29 is 62.2 Å². The van der Waals surface area contributed by atoms with Gasteiger partial charge in [-0.1, -0.05) is 129 Å². The largest absolute Gasteiger partial charge is 0.396 e. The number of imide groups is 1. The van der Waals surface area contributed by atoms with Crippen LogP contribution in [-0.4, -0.2) is 116 Å². The predicted molar refractivity (Wildman–Crippen MR) is 308 cm³/mol. The number of unbranched alkanes of at least 4 members (excludes halogenated alkanes) is 5. The molecule has 0 spiro atoms. The maximum atomic E-state index is 14.9. The van der Waals surface area contributed by atoms with Gasteiger partial charge in [-0.05, 0) is 89.9 Å². The van der Waals surface area contributed by atoms with Crippen LogP contribution < -0.4 is 21.7 Å². The number of nitrogens with zero attached hydrogens (tertiary/aromatic N) is 2. The Morgan fingerprint density at radius 3 is 2.16 bits per heavy atom. The maximum Gasteiger partial charge on any atom is 0.396 e. The lowest BCUT2D eigenvalue weighted by atomic mass is 9.85. The number of hydrogen-bond acceptors (Lipinski definition) is 11. The van der Waals surface area contributed by atoms with Crippen molar-refractivity contribution in [2.45, 2.75) is 140 Å². The lowest BCUT2D eigenvalue weighted by Crippen LogP contribution is -2.55. The Morgan fingerprint density at radius 2 is 1.48 bits per heavy atom. The van der Waals surface area contributed by atoms with Crippen LogP contribution in [0.3, 0.4) is 0 Å². The third-order valence-corrected chi connectivity index (χ3v) is 16.2. The molecule has 0 aliphatic carbocycles. The molecule has 3 aliphatic rings. The Bertz CT molecular complexity index is 3340. The highest BCUT2D eigenvalue weighted by Crippen LogP contribution is 2.40. The molecule has 19 nitrogen and oxygen atoms in total. The van der Waals surface area contributed by atoms with Gasteiger partial charge in [0.2, 0.25) is 29.5 Å². The second kappa shape index (κ2) is 28.2. The van der Waals surface area contributed by atoms with Gasteiger partial charge in [0.1, 0.15) is 18.1 Å². The lowest BCUT2D eigenvalue weighted by molar-refractivity contribution is -0.141. The van der Waals surface area contributed by atoms with Crippen LogP contribution in [0, 0.1) is 11.8 Å². The quantitative estimate of drug-likeness (QED) is 0.0145. The van der Waals surface area contributed by atoms with E-state index in [1.165, 1.54) is 40.1 Å². The summed E-state index contributed by atoms with van der Waals surface area (Å²) in [4.78, 5) is 142. The summed E-state index contributed by atoms with van der Waals surface area (Å²) in [6.07, 6.45) is 4.61. The van der Waals surface area contributed by atoms with Crippen molar-refractivity contribution in [1.29, 1.82) is 0 Å². The fourth-order valence-electron chi connectivity index (χ4n) is 11.0. The average molecular weight is 1150 g/mol. The van der Waals surface area contributed by atoms with Crippen molar-refractivity contribution >= 4 is 71.0 Å². The van der Waals surface area contributed by atoms with E-state index in [1.807, 2.05) is 73.7 Å². The number of hydrogen-bond donors (Lipinski definition) is 6. The van der Waals surface area contributed by atoms with E-state index in [2.05, 4.69) is 27.8 Å². The molecule has 0 radical (unpaired) electrons. The van der Waals surface area contributed by atoms with Crippen LogP contribution in [-0.2, 0) is 44.6 Å². The topological polar surface area (TPSA) is 289 Å². The summed E-state index contributed by atoms with van der Waals surface area (Å²) < 4.78 is 18.2. The van der Waals surface area contributed by atoms with E-state index in [9.17, 15) is 57.5 Å². The minimum Gasteiger partial charge on any atom is -0.376 e. The van der Waals surface area contributed by atoms with Crippen LogP contribution in [0.25, 0.3) is 10.8 Å². The molecule has 5 atom stereocenters. The summed E-state index contributed by atoms with van der Waals surface area (Å²) in [5, 5.41) is 9.03. The number of benzene rings is 5. The first-order chi connectivity index (χ1) is 39.9. The van der Waals surface area contributed by atoms with Crippen LogP contribution >= 0.6 is 7.60 Å². The number of fused-ring (bicyclic) bond motifs is 2. The molecule has 20 heteroatoms. The smallest absolute Gasteiger partial charge is 0.376 e. The molecule has 0 bridgehead atoms. The number of rotatable bonds is 26. The highest BCUT2D eigenvalue weighted by molar-refractivity contribution is 7.70. The Labute approximate surface area is 481 Å². The van der Waals surface area contributed by atoms with Crippen molar-refractivity contribution in [1.82, 2.24) is 25.8 Å². The first-order valence-electron chi connectivity index (χ1n) is 28.2. The highest BCUT2D eigenvalue weighted by Gasteiger charge is 2.44. The van der Waals surface area contributed by atoms with Crippen LogP contribution in [0.4, 0.5) is 0 Å². The van der Waals surface area contributed by atoms with Crippen molar-refractivity contribution in [2.75, 3.05) is 13.2 Å². The molecule has 5 aromatic rings. The number of piperidine rings is 1. The van der Waals surface area contributed by atoms with E-state index in [-0.39, 0.29) is 92.7 Å². The van der Waals surface area contributed by atoms with Crippen LogP contribution in [0.15, 0.2) is 115 Å². The molecule has 0 aromatic heterocycles. The first-order valence-corrected chi connectivity index (χ1v) is 29.8. The molecule has 434 valence electrons. The molecule has 3 heterocycles. The van der Waals surface area contributed by atoms with E-state index in [1.54, 1.807) is 18.2 Å². The van der Waals surface area contributed by atoms with Crippen LogP contribution in [0.5, 0.6) is 0 Å². The van der Waals surface area contributed by atoms with Crippen molar-refractivity contribution in [3.63, 3.8) is 0 Å². The summed E-state index contributed by atoms with van der Waals surface area (Å²) in [6.45, 7) is 2.45. The number of carbonyl (C=O) groups is 9. The first kappa shape index (κ1) is 60.9. The number of ether oxygens (including phenoxy) is 1. The van der Waals surface area contributed by atoms with Gasteiger partial charge in [0.15, 0.2) is 5.78 Å². The standard InChI is InChI=1S/C63H69N6O13P/c1-2-3-24-52(66-58(73)44-27-25-40-26-28-45(35-46(40)34-44)63(78)83(79,80)81)62(77)68-38-47(36-54(68)60(75)65-51(29-31-56(64)71)55(70)37-49(41-17-11-8-12-18-41)42-19-13-9-14-20-42)82-33-15-7-5-4-6-10-21-43-22-16-23-48-50(43)39-69(61(48)76)53-30-32-57(72)67-59(53)74/h8-9,11-14,16-20,22-23,25-28,34-35,47,49,51-54H,2-7,15,24,29-33,36-39H2,1H3,(H2,64,71)(H,65,75)(H,66,73)(H,67,72,74)(H2,79,80,81)/t47-,51+,52+,53?,54+/m1/s1. The Hall–Kier alpha value is -8.14. The highest BCUT2D eigenvalue weighted by atomic mass is 31.2.